The SMILES string of the molecule is Fc1ccc(-c2ccc(Cl)c(CNC3CC3)c2)cc1Cl. The first-order valence-electron chi connectivity index (χ1n) is 6.61. The molecule has 0 amide bonds. The number of rotatable bonds is 4. The van der Waals surface area contributed by atoms with Gasteiger partial charge in [0.1, 0.15) is 5.82 Å². The molecule has 0 radical (unpaired) electrons. The zero-order valence-electron chi connectivity index (χ0n) is 10.8. The van der Waals surface area contributed by atoms with Gasteiger partial charge in [-0.1, -0.05) is 35.3 Å². The first-order valence-corrected chi connectivity index (χ1v) is 7.36. The molecule has 0 spiro atoms. The average molecular weight is 310 g/mol. The maximum Gasteiger partial charge on any atom is 0.141 e. The second-order valence-corrected chi connectivity index (χ2v) is 5.90. The van der Waals surface area contributed by atoms with E-state index in [-0.39, 0.29) is 5.02 Å². The lowest BCUT2D eigenvalue weighted by Crippen LogP contribution is -2.15. The van der Waals surface area contributed by atoms with Crippen LogP contribution in [0.2, 0.25) is 10.0 Å². The Morgan fingerprint density at radius 3 is 2.40 bits per heavy atom. The van der Waals surface area contributed by atoms with Crippen molar-refractivity contribution in [1.82, 2.24) is 5.32 Å². The lowest BCUT2D eigenvalue weighted by Gasteiger charge is -2.09. The van der Waals surface area contributed by atoms with Gasteiger partial charge in [-0.25, -0.2) is 4.39 Å². The molecule has 20 heavy (non-hydrogen) atoms. The molecule has 1 aliphatic carbocycles. The standard InChI is InChI=1S/C16H14Cl2FN/c17-14-5-1-10(7-12(14)9-20-13-3-4-13)11-2-6-16(19)15(18)8-11/h1-2,5-8,13,20H,3-4,9H2. The van der Waals surface area contributed by atoms with Crippen LogP contribution in [0, 0.1) is 5.82 Å². The predicted octanol–water partition coefficient (Wildman–Crippen LogP) is 5.05. The van der Waals surface area contributed by atoms with Gasteiger partial charge in [0.25, 0.3) is 0 Å². The number of hydrogen-bond donors (Lipinski definition) is 1. The van der Waals surface area contributed by atoms with Gasteiger partial charge in [-0.2, -0.15) is 0 Å². The largest absolute Gasteiger partial charge is 0.310 e. The van der Waals surface area contributed by atoms with E-state index < -0.39 is 5.82 Å². The lowest BCUT2D eigenvalue weighted by atomic mass is 10.0. The Balaban J connectivity index is 1.88. The molecule has 104 valence electrons. The van der Waals surface area contributed by atoms with Crippen LogP contribution >= 0.6 is 23.2 Å². The van der Waals surface area contributed by atoms with Crippen molar-refractivity contribution in [2.45, 2.75) is 25.4 Å². The molecule has 1 nitrogen and oxygen atoms in total. The fourth-order valence-corrected chi connectivity index (χ4v) is 2.47. The highest BCUT2D eigenvalue weighted by Crippen LogP contribution is 2.29. The van der Waals surface area contributed by atoms with Gasteiger partial charge in [0.15, 0.2) is 0 Å². The van der Waals surface area contributed by atoms with E-state index in [2.05, 4.69) is 5.32 Å². The highest BCUT2D eigenvalue weighted by molar-refractivity contribution is 6.31. The quantitative estimate of drug-likeness (QED) is 0.833. The van der Waals surface area contributed by atoms with Gasteiger partial charge in [0, 0.05) is 17.6 Å². The second-order valence-electron chi connectivity index (χ2n) is 5.09. The average Bonchev–Trinajstić information content (AvgIpc) is 3.25. The van der Waals surface area contributed by atoms with Crippen LogP contribution in [0.3, 0.4) is 0 Å². The summed E-state index contributed by atoms with van der Waals surface area (Å²) in [5, 5.41) is 4.32. The zero-order chi connectivity index (χ0) is 14.1. The van der Waals surface area contributed by atoms with Crippen molar-refractivity contribution in [2.75, 3.05) is 0 Å². The Labute approximate surface area is 127 Å². The first-order chi connectivity index (χ1) is 9.63. The summed E-state index contributed by atoms with van der Waals surface area (Å²) in [5.74, 6) is -0.403. The molecule has 0 aromatic heterocycles. The van der Waals surface area contributed by atoms with Crippen LogP contribution < -0.4 is 5.32 Å². The summed E-state index contributed by atoms with van der Waals surface area (Å²) in [6.45, 7) is 0.756. The van der Waals surface area contributed by atoms with Crippen molar-refractivity contribution >= 4 is 23.2 Å². The van der Waals surface area contributed by atoms with E-state index in [4.69, 9.17) is 23.2 Å². The van der Waals surface area contributed by atoms with E-state index in [1.54, 1.807) is 12.1 Å². The number of nitrogens with one attached hydrogen (secondary N) is 1. The molecular formula is C16H14Cl2FN. The summed E-state index contributed by atoms with van der Waals surface area (Å²) in [6.07, 6.45) is 2.48. The van der Waals surface area contributed by atoms with Crippen LogP contribution in [0.1, 0.15) is 18.4 Å². The van der Waals surface area contributed by atoms with Gasteiger partial charge >= 0.3 is 0 Å². The molecule has 0 unspecified atom stereocenters. The van der Waals surface area contributed by atoms with Crippen LogP contribution in [0.4, 0.5) is 4.39 Å². The lowest BCUT2D eigenvalue weighted by molar-refractivity contribution is 0.628. The van der Waals surface area contributed by atoms with Crippen LogP contribution in [-0.4, -0.2) is 6.04 Å². The number of halogens is 3. The van der Waals surface area contributed by atoms with Crippen molar-refractivity contribution in [3.05, 3.63) is 57.8 Å². The van der Waals surface area contributed by atoms with E-state index in [1.807, 2.05) is 18.2 Å². The van der Waals surface area contributed by atoms with Gasteiger partial charge in [-0.3, -0.25) is 0 Å². The minimum Gasteiger partial charge on any atom is -0.310 e. The van der Waals surface area contributed by atoms with Gasteiger partial charge in [0.2, 0.25) is 0 Å². The topological polar surface area (TPSA) is 12.0 Å². The highest BCUT2D eigenvalue weighted by Gasteiger charge is 2.20. The minimum absolute atomic E-state index is 0.134. The molecule has 0 heterocycles. The summed E-state index contributed by atoms with van der Waals surface area (Å²) >= 11 is 12.1. The maximum absolute atomic E-state index is 13.2. The van der Waals surface area contributed by atoms with Crippen molar-refractivity contribution in [1.29, 1.82) is 0 Å². The van der Waals surface area contributed by atoms with Gasteiger partial charge in [-0.05, 0) is 53.8 Å². The molecule has 0 atom stereocenters. The monoisotopic (exact) mass is 309 g/mol. The van der Waals surface area contributed by atoms with E-state index >= 15 is 0 Å². The van der Waals surface area contributed by atoms with Crippen LogP contribution in [0.15, 0.2) is 36.4 Å². The van der Waals surface area contributed by atoms with Gasteiger partial charge in [0.05, 0.1) is 5.02 Å². The van der Waals surface area contributed by atoms with Crippen LogP contribution in [0.5, 0.6) is 0 Å². The van der Waals surface area contributed by atoms with E-state index in [1.165, 1.54) is 18.9 Å². The minimum atomic E-state index is -0.403. The molecular weight excluding hydrogens is 296 g/mol. The smallest absolute Gasteiger partial charge is 0.141 e. The molecule has 1 N–H and O–H groups in total. The molecule has 1 aliphatic rings. The molecule has 2 aromatic carbocycles. The predicted molar refractivity (Wildman–Crippen MR) is 81.7 cm³/mol. The fraction of sp³-hybridized carbons (Fsp3) is 0.250. The highest BCUT2D eigenvalue weighted by atomic mass is 35.5. The fourth-order valence-electron chi connectivity index (χ4n) is 2.11. The van der Waals surface area contributed by atoms with Crippen molar-refractivity contribution in [3.63, 3.8) is 0 Å². The molecule has 0 bridgehead atoms. The molecule has 0 saturated heterocycles. The summed E-state index contributed by atoms with van der Waals surface area (Å²) in [6, 6.07) is 11.2. The molecule has 2 aromatic rings. The zero-order valence-corrected chi connectivity index (χ0v) is 12.3. The van der Waals surface area contributed by atoms with E-state index in [0.29, 0.717) is 6.04 Å². The Hall–Kier alpha value is -1.09. The molecule has 4 heteroatoms. The maximum atomic E-state index is 13.2. The molecule has 3 rings (SSSR count). The Bertz CT molecular complexity index is 638. The van der Waals surface area contributed by atoms with Crippen molar-refractivity contribution in [3.8, 4) is 11.1 Å². The second kappa shape index (κ2) is 5.72. The molecule has 1 fully saturated rings. The Morgan fingerprint density at radius 2 is 1.70 bits per heavy atom. The third-order valence-electron chi connectivity index (χ3n) is 3.46. The summed E-state index contributed by atoms with van der Waals surface area (Å²) < 4.78 is 13.2. The molecule has 1 saturated carbocycles. The summed E-state index contributed by atoms with van der Waals surface area (Å²) in [7, 11) is 0. The van der Waals surface area contributed by atoms with Crippen LogP contribution in [-0.2, 0) is 6.54 Å². The number of hydrogen-bond acceptors (Lipinski definition) is 1. The Morgan fingerprint density at radius 1 is 1.00 bits per heavy atom. The normalized spacial score (nSPS) is 14.6. The van der Waals surface area contributed by atoms with Crippen molar-refractivity contribution < 1.29 is 4.39 Å². The summed E-state index contributed by atoms with van der Waals surface area (Å²) in [4.78, 5) is 0. The third kappa shape index (κ3) is 3.14. The van der Waals surface area contributed by atoms with Crippen LogP contribution in [0.25, 0.3) is 11.1 Å². The van der Waals surface area contributed by atoms with Gasteiger partial charge < -0.3 is 5.32 Å². The first kappa shape index (κ1) is 13.9. The number of benzene rings is 2. The van der Waals surface area contributed by atoms with E-state index in [0.717, 1.165) is 28.3 Å². The van der Waals surface area contributed by atoms with Crippen molar-refractivity contribution in [2.24, 2.45) is 0 Å². The Kier molecular flexibility index (Phi) is 3.97. The third-order valence-corrected chi connectivity index (χ3v) is 4.12. The van der Waals surface area contributed by atoms with Gasteiger partial charge in [-0.15, -0.1) is 0 Å². The van der Waals surface area contributed by atoms with E-state index in [9.17, 15) is 4.39 Å². The molecule has 0 aliphatic heterocycles. The summed E-state index contributed by atoms with van der Waals surface area (Å²) in [5.41, 5.74) is 2.93.